The molecule has 0 aliphatic carbocycles. The van der Waals surface area contributed by atoms with Crippen LogP contribution < -0.4 is 10.0 Å². The summed E-state index contributed by atoms with van der Waals surface area (Å²) in [5.41, 5.74) is 3.54. The van der Waals surface area contributed by atoms with Crippen molar-refractivity contribution in [2.75, 3.05) is 0 Å². The van der Waals surface area contributed by atoms with Crippen molar-refractivity contribution in [1.29, 1.82) is 0 Å². The third kappa shape index (κ3) is 7.28. The molecule has 1 heterocycles. The summed E-state index contributed by atoms with van der Waals surface area (Å²) in [6.45, 7) is 0.296. The van der Waals surface area contributed by atoms with E-state index in [4.69, 9.17) is 4.74 Å². The molecule has 9 nitrogen and oxygen atoms in total. The molecule has 0 aliphatic heterocycles. The van der Waals surface area contributed by atoms with Gasteiger partial charge >= 0.3 is 12.0 Å². The highest BCUT2D eigenvalue weighted by Crippen LogP contribution is 2.27. The van der Waals surface area contributed by atoms with E-state index in [1.165, 1.54) is 6.07 Å². The van der Waals surface area contributed by atoms with Gasteiger partial charge in [0, 0.05) is 24.0 Å². The van der Waals surface area contributed by atoms with Crippen molar-refractivity contribution >= 4 is 22.0 Å². The summed E-state index contributed by atoms with van der Waals surface area (Å²) >= 11 is 0. The average molecular weight is 519 g/mol. The lowest BCUT2D eigenvalue weighted by Gasteiger charge is -2.13. The predicted molar refractivity (Wildman–Crippen MR) is 138 cm³/mol. The molecule has 3 N–H and O–H groups in total. The second-order valence-electron chi connectivity index (χ2n) is 8.20. The second-order valence-corrected chi connectivity index (χ2v) is 9.86. The van der Waals surface area contributed by atoms with Crippen molar-refractivity contribution in [3.8, 4) is 11.1 Å². The van der Waals surface area contributed by atoms with Crippen LogP contribution in [0.4, 0.5) is 4.79 Å². The van der Waals surface area contributed by atoms with Gasteiger partial charge in [0.25, 0.3) is 10.0 Å². The molecule has 0 saturated heterocycles. The Hall–Kier alpha value is -4.44. The molecule has 0 aliphatic rings. The fourth-order valence-electron chi connectivity index (χ4n) is 3.61. The number of hydrogen-bond acceptors (Lipinski definition) is 6. The molecular weight excluding hydrogens is 492 g/mol. The highest BCUT2D eigenvalue weighted by atomic mass is 32.2. The number of benzene rings is 3. The molecule has 0 bridgehead atoms. The van der Waals surface area contributed by atoms with Gasteiger partial charge in [-0.15, -0.1) is 0 Å². The zero-order chi connectivity index (χ0) is 26.1. The van der Waals surface area contributed by atoms with Crippen LogP contribution in [-0.2, 0) is 39.1 Å². The summed E-state index contributed by atoms with van der Waals surface area (Å²) < 4.78 is 33.4. The molecule has 0 saturated carbocycles. The van der Waals surface area contributed by atoms with E-state index >= 15 is 0 Å². The van der Waals surface area contributed by atoms with Gasteiger partial charge in [-0.3, -0.25) is 4.79 Å². The van der Waals surface area contributed by atoms with E-state index < -0.39 is 16.1 Å². The van der Waals surface area contributed by atoms with Gasteiger partial charge in [0.1, 0.15) is 6.61 Å². The minimum absolute atomic E-state index is 0.0251. The Labute approximate surface area is 215 Å². The van der Waals surface area contributed by atoms with Crippen LogP contribution in [-0.4, -0.2) is 30.4 Å². The van der Waals surface area contributed by atoms with Crippen LogP contribution in [0.5, 0.6) is 0 Å². The van der Waals surface area contributed by atoms with Gasteiger partial charge in [0.15, 0.2) is 0 Å². The maximum atomic E-state index is 13.0. The molecule has 10 heteroatoms. The van der Waals surface area contributed by atoms with Crippen molar-refractivity contribution < 1.29 is 22.7 Å². The first-order valence-electron chi connectivity index (χ1n) is 11.6. The maximum absolute atomic E-state index is 13.0. The third-order valence-electron chi connectivity index (χ3n) is 5.52. The number of hydrogen-bond donors (Lipinski definition) is 3. The quantitative estimate of drug-likeness (QED) is 0.273. The molecule has 2 amide bonds. The number of nitrogens with one attached hydrogen (secondary N) is 3. The number of sulfonamides is 1. The largest absolute Gasteiger partial charge is 0.461 e. The van der Waals surface area contributed by atoms with Crippen LogP contribution in [0.15, 0.2) is 96.3 Å². The van der Waals surface area contributed by atoms with E-state index in [1.807, 2.05) is 30.3 Å². The van der Waals surface area contributed by atoms with Crippen LogP contribution in [0, 0.1) is 0 Å². The van der Waals surface area contributed by atoms with Crippen molar-refractivity contribution in [3.63, 3.8) is 0 Å². The molecule has 4 rings (SSSR count). The van der Waals surface area contributed by atoms with E-state index in [9.17, 15) is 18.0 Å². The summed E-state index contributed by atoms with van der Waals surface area (Å²) in [6.07, 6.45) is 3.97. The number of urea groups is 1. The monoisotopic (exact) mass is 518 g/mol. The molecule has 37 heavy (non-hydrogen) atoms. The molecule has 190 valence electrons. The number of esters is 1. The Kier molecular flexibility index (Phi) is 8.32. The first-order valence-corrected chi connectivity index (χ1v) is 13.0. The number of rotatable bonds is 10. The highest BCUT2D eigenvalue weighted by molar-refractivity contribution is 7.90. The third-order valence-corrected chi connectivity index (χ3v) is 6.91. The molecule has 0 unspecified atom stereocenters. The van der Waals surface area contributed by atoms with Crippen LogP contribution in [0.1, 0.15) is 23.2 Å². The Bertz CT molecular complexity index is 1440. The number of imidazole rings is 1. The molecule has 3 aromatic carbocycles. The van der Waals surface area contributed by atoms with Gasteiger partial charge in [-0.05, 0) is 29.2 Å². The number of amides is 2. The second kappa shape index (κ2) is 12.0. The van der Waals surface area contributed by atoms with Gasteiger partial charge in [0.05, 0.1) is 17.6 Å². The summed E-state index contributed by atoms with van der Waals surface area (Å²) in [6, 6.07) is 21.8. The lowest BCUT2D eigenvalue weighted by atomic mass is 10.0. The molecule has 0 radical (unpaired) electrons. The van der Waals surface area contributed by atoms with Gasteiger partial charge in [-0.1, -0.05) is 72.8 Å². The van der Waals surface area contributed by atoms with Gasteiger partial charge < -0.3 is 15.0 Å². The van der Waals surface area contributed by atoms with Crippen LogP contribution >= 0.6 is 0 Å². The van der Waals surface area contributed by atoms with Crippen LogP contribution in [0.25, 0.3) is 11.1 Å². The Morgan fingerprint density at radius 2 is 1.62 bits per heavy atom. The molecule has 1 aromatic heterocycles. The Morgan fingerprint density at radius 3 is 2.35 bits per heavy atom. The first kappa shape index (κ1) is 25.6. The zero-order valence-electron chi connectivity index (χ0n) is 19.9. The number of ether oxygens (including phenoxy) is 1. The smallest absolute Gasteiger partial charge is 0.328 e. The highest BCUT2D eigenvalue weighted by Gasteiger charge is 2.21. The topological polar surface area (TPSA) is 130 Å². The number of carbonyl (C=O) groups is 2. The van der Waals surface area contributed by atoms with E-state index in [0.29, 0.717) is 17.5 Å². The molecule has 4 aromatic rings. The summed E-state index contributed by atoms with van der Waals surface area (Å²) in [5, 5.41) is 2.56. The van der Waals surface area contributed by atoms with E-state index in [2.05, 4.69) is 20.0 Å². The minimum Gasteiger partial charge on any atom is -0.461 e. The molecule has 0 spiro atoms. The van der Waals surface area contributed by atoms with Crippen LogP contribution in [0.3, 0.4) is 0 Å². The first-order chi connectivity index (χ1) is 17.9. The predicted octanol–water partition coefficient (Wildman–Crippen LogP) is 3.94. The van der Waals surface area contributed by atoms with Crippen molar-refractivity contribution in [2.45, 2.75) is 30.9 Å². The van der Waals surface area contributed by atoms with E-state index in [1.54, 1.807) is 55.0 Å². The van der Waals surface area contributed by atoms with Crippen molar-refractivity contribution in [3.05, 3.63) is 108 Å². The lowest BCUT2D eigenvalue weighted by Crippen LogP contribution is -2.39. The van der Waals surface area contributed by atoms with E-state index in [0.717, 1.165) is 16.8 Å². The molecule has 0 fully saturated rings. The number of aromatic amines is 1. The fourth-order valence-corrected chi connectivity index (χ4v) is 4.76. The standard InChI is InChI=1S/C27H26N4O5S/c32-26(15-14-23-17-28-19-30-23)36-18-21-10-12-22(13-11-21)24-8-4-5-9-25(24)37(34,35)31-27(33)29-16-20-6-2-1-3-7-20/h1-13,17,19H,14-16,18H2,(H,28,30)(H2,29,31,33). The number of aryl methyl sites for hydroxylation is 1. The number of nitrogens with zero attached hydrogens (tertiary/aromatic N) is 1. The van der Waals surface area contributed by atoms with E-state index in [-0.39, 0.29) is 30.4 Å². The zero-order valence-corrected chi connectivity index (χ0v) is 20.7. The Morgan fingerprint density at radius 1 is 0.892 bits per heavy atom. The summed E-state index contributed by atoms with van der Waals surface area (Å²) in [4.78, 5) is 31.1. The Balaban J connectivity index is 1.37. The lowest BCUT2D eigenvalue weighted by molar-refractivity contribution is -0.144. The van der Waals surface area contributed by atoms with Crippen molar-refractivity contribution in [1.82, 2.24) is 20.0 Å². The summed E-state index contributed by atoms with van der Waals surface area (Å²) in [5.74, 6) is -0.327. The minimum atomic E-state index is -4.14. The van der Waals surface area contributed by atoms with Crippen molar-refractivity contribution in [2.24, 2.45) is 0 Å². The van der Waals surface area contributed by atoms with Gasteiger partial charge in [0.2, 0.25) is 0 Å². The molecular formula is C27H26N4O5S. The number of aromatic nitrogens is 2. The number of H-pyrrole nitrogens is 1. The van der Waals surface area contributed by atoms with Crippen LogP contribution in [0.2, 0.25) is 0 Å². The normalized spacial score (nSPS) is 11.0. The number of carbonyl (C=O) groups excluding carboxylic acids is 2. The molecule has 0 atom stereocenters. The van der Waals surface area contributed by atoms with Gasteiger partial charge in [-0.2, -0.15) is 0 Å². The fraction of sp³-hybridized carbons (Fsp3) is 0.148. The van der Waals surface area contributed by atoms with Gasteiger partial charge in [-0.25, -0.2) is 22.9 Å². The average Bonchev–Trinajstić information content (AvgIpc) is 3.44. The maximum Gasteiger partial charge on any atom is 0.328 e. The SMILES string of the molecule is O=C(NCc1ccccc1)NS(=O)(=O)c1ccccc1-c1ccc(COC(=O)CCc2cnc[nH]2)cc1. The summed E-state index contributed by atoms with van der Waals surface area (Å²) in [7, 11) is -4.14.